The van der Waals surface area contributed by atoms with Crippen molar-refractivity contribution >= 4 is 23.7 Å². The molecule has 0 aromatic heterocycles. The first-order chi connectivity index (χ1) is 10.6. The molecule has 0 spiro atoms. The van der Waals surface area contributed by atoms with Crippen molar-refractivity contribution in [1.82, 2.24) is 19.6 Å². The smallest absolute Gasteiger partial charge is 0.327 e. The van der Waals surface area contributed by atoms with Gasteiger partial charge in [-0.25, -0.2) is 9.59 Å². The molecule has 4 rings (SSSR count). The second kappa shape index (κ2) is 4.62. The van der Waals surface area contributed by atoms with Crippen molar-refractivity contribution in [1.29, 1.82) is 0 Å². The van der Waals surface area contributed by atoms with Crippen LogP contribution in [0.5, 0.6) is 0 Å². The van der Waals surface area contributed by atoms with Crippen LogP contribution in [0.2, 0.25) is 0 Å². The van der Waals surface area contributed by atoms with Gasteiger partial charge in [-0.1, -0.05) is 0 Å². The number of unbranched alkanes of at least 4 members (excludes halogenated alkanes) is 1. The molecule has 0 radical (unpaired) electrons. The molecule has 9 heteroatoms. The highest BCUT2D eigenvalue weighted by atomic mass is 35.5. The predicted octanol–water partition coefficient (Wildman–Crippen LogP) is 1.17. The highest BCUT2D eigenvalue weighted by Crippen LogP contribution is 2.55. The molecule has 4 heterocycles. The van der Waals surface area contributed by atoms with Crippen molar-refractivity contribution in [2.45, 2.75) is 37.5 Å². The highest BCUT2D eigenvalue weighted by Gasteiger charge is 2.78. The molecule has 0 unspecified atom stereocenters. The number of urea groups is 2. The quantitative estimate of drug-likeness (QED) is 0.573. The van der Waals surface area contributed by atoms with Crippen LogP contribution >= 0.6 is 11.6 Å². The minimum absolute atomic E-state index is 0.143. The highest BCUT2D eigenvalue weighted by molar-refractivity contribution is 6.17. The van der Waals surface area contributed by atoms with Crippen molar-refractivity contribution in [3.05, 3.63) is 0 Å². The summed E-state index contributed by atoms with van der Waals surface area (Å²) in [6.07, 6.45) is 2.38. The van der Waals surface area contributed by atoms with Gasteiger partial charge in [0.15, 0.2) is 11.3 Å². The molecule has 0 aromatic rings. The maximum atomic E-state index is 12.8. The number of hydrogen-bond acceptors (Lipinski definition) is 4. The van der Waals surface area contributed by atoms with Gasteiger partial charge in [-0.15, -0.1) is 11.6 Å². The third kappa shape index (κ3) is 1.37. The van der Waals surface area contributed by atoms with Crippen LogP contribution in [0.15, 0.2) is 0 Å². The van der Waals surface area contributed by atoms with Crippen LogP contribution in [0, 0.1) is 0 Å². The van der Waals surface area contributed by atoms with E-state index in [4.69, 9.17) is 21.1 Å². The summed E-state index contributed by atoms with van der Waals surface area (Å²) in [5.74, 6) is 0.571. The van der Waals surface area contributed by atoms with Gasteiger partial charge >= 0.3 is 12.1 Å². The van der Waals surface area contributed by atoms with Gasteiger partial charge in [-0.05, 0) is 26.2 Å². The van der Waals surface area contributed by atoms with E-state index in [9.17, 15) is 9.59 Å². The summed E-state index contributed by atoms with van der Waals surface area (Å²) in [5, 5.41) is 0. The van der Waals surface area contributed by atoms with E-state index in [1.54, 1.807) is 19.6 Å². The monoisotopic (exact) mass is 330 g/mol. The number of halogens is 1. The number of ether oxygens (including phenoxy) is 2. The number of amides is 4. The molecule has 4 fully saturated rings. The van der Waals surface area contributed by atoms with Gasteiger partial charge in [0.05, 0.1) is 0 Å². The normalized spacial score (nSPS) is 36.5. The SMILES string of the molecule is CC12N3COCN1C(=O)N1COCN(C3=O)C12CCCCCl. The van der Waals surface area contributed by atoms with Gasteiger partial charge in [0, 0.05) is 5.88 Å². The summed E-state index contributed by atoms with van der Waals surface area (Å²) >= 11 is 5.81. The van der Waals surface area contributed by atoms with Crippen molar-refractivity contribution in [3.8, 4) is 0 Å². The lowest BCUT2D eigenvalue weighted by Crippen LogP contribution is -2.70. The van der Waals surface area contributed by atoms with E-state index in [-0.39, 0.29) is 39.0 Å². The first kappa shape index (κ1) is 14.3. The molecule has 0 aromatic carbocycles. The van der Waals surface area contributed by atoms with Gasteiger partial charge in [0.2, 0.25) is 0 Å². The standard InChI is InChI=1S/C13H19ClN4O4/c1-12-13(4-2-3-5-14)17-8-22-9-18(13)11(20)16(12)7-21-6-15(12)10(17)19/h2-9H2,1H3. The maximum absolute atomic E-state index is 12.8. The lowest BCUT2D eigenvalue weighted by atomic mass is 9.88. The Hall–Kier alpha value is -1.25. The molecule has 122 valence electrons. The van der Waals surface area contributed by atoms with Crippen molar-refractivity contribution in [3.63, 3.8) is 0 Å². The van der Waals surface area contributed by atoms with Gasteiger partial charge in [-0.3, -0.25) is 19.6 Å². The average Bonchev–Trinajstić information content (AvgIpc) is 2.84. The Labute approximate surface area is 133 Å². The molecule has 4 aliphatic heterocycles. The van der Waals surface area contributed by atoms with Crippen molar-refractivity contribution < 1.29 is 19.1 Å². The van der Waals surface area contributed by atoms with Gasteiger partial charge in [0.25, 0.3) is 0 Å². The predicted molar refractivity (Wildman–Crippen MR) is 75.5 cm³/mol. The zero-order chi connectivity index (χ0) is 15.5. The van der Waals surface area contributed by atoms with Gasteiger partial charge < -0.3 is 9.47 Å². The molecule has 22 heavy (non-hydrogen) atoms. The lowest BCUT2D eigenvalue weighted by Gasteiger charge is -2.50. The molecule has 4 amide bonds. The molecule has 0 saturated carbocycles. The largest absolute Gasteiger partial charge is 0.340 e. The number of rotatable bonds is 4. The van der Waals surface area contributed by atoms with Gasteiger partial charge in [-0.2, -0.15) is 0 Å². The average molecular weight is 331 g/mol. The summed E-state index contributed by atoms with van der Waals surface area (Å²) in [7, 11) is 0. The molecule has 0 atom stereocenters. The van der Waals surface area contributed by atoms with E-state index in [0.29, 0.717) is 12.3 Å². The summed E-state index contributed by atoms with van der Waals surface area (Å²) < 4.78 is 10.9. The third-order valence-electron chi connectivity index (χ3n) is 5.42. The molecule has 4 aliphatic rings. The van der Waals surface area contributed by atoms with Crippen LogP contribution in [-0.4, -0.2) is 75.8 Å². The van der Waals surface area contributed by atoms with E-state index >= 15 is 0 Å². The number of alkyl halides is 1. The molecule has 8 nitrogen and oxygen atoms in total. The molecule has 0 N–H and O–H groups in total. The first-order valence-corrected chi connectivity index (χ1v) is 8.02. The van der Waals surface area contributed by atoms with Crippen LogP contribution in [-0.2, 0) is 9.47 Å². The maximum Gasteiger partial charge on any atom is 0.327 e. The second-order valence-corrected chi connectivity index (χ2v) is 6.56. The number of nitrogens with zero attached hydrogens (tertiary/aromatic N) is 4. The van der Waals surface area contributed by atoms with E-state index in [1.807, 2.05) is 6.92 Å². The van der Waals surface area contributed by atoms with E-state index in [2.05, 4.69) is 0 Å². The summed E-state index contributed by atoms with van der Waals surface area (Å²) in [4.78, 5) is 32.2. The van der Waals surface area contributed by atoms with Gasteiger partial charge in [0.1, 0.15) is 26.9 Å². The fourth-order valence-electron chi connectivity index (χ4n) is 4.32. The van der Waals surface area contributed by atoms with Crippen LogP contribution in [0.3, 0.4) is 0 Å². The number of carbonyl (C=O) groups is 2. The Balaban J connectivity index is 1.83. The fourth-order valence-corrected chi connectivity index (χ4v) is 4.51. The Kier molecular flexibility index (Phi) is 3.02. The zero-order valence-electron chi connectivity index (χ0n) is 12.5. The Bertz CT molecular complexity index is 498. The second-order valence-electron chi connectivity index (χ2n) is 6.19. The van der Waals surface area contributed by atoms with Crippen LogP contribution in [0.25, 0.3) is 0 Å². The number of hydrogen-bond donors (Lipinski definition) is 0. The number of carbonyl (C=O) groups excluding carboxylic acids is 2. The minimum Gasteiger partial charge on any atom is -0.340 e. The van der Waals surface area contributed by atoms with Crippen LogP contribution in [0.1, 0.15) is 26.2 Å². The van der Waals surface area contributed by atoms with Crippen LogP contribution < -0.4 is 0 Å². The van der Waals surface area contributed by atoms with E-state index in [0.717, 1.165) is 12.8 Å². The lowest BCUT2D eigenvalue weighted by molar-refractivity contribution is -0.195. The van der Waals surface area contributed by atoms with Crippen LogP contribution in [0.4, 0.5) is 9.59 Å². The Morgan fingerprint density at radius 1 is 0.955 bits per heavy atom. The third-order valence-corrected chi connectivity index (χ3v) is 5.68. The minimum atomic E-state index is -0.727. The fraction of sp³-hybridized carbons (Fsp3) is 0.846. The van der Waals surface area contributed by atoms with E-state index < -0.39 is 11.3 Å². The molecular weight excluding hydrogens is 312 g/mol. The first-order valence-electron chi connectivity index (χ1n) is 7.49. The Morgan fingerprint density at radius 3 is 1.95 bits per heavy atom. The molecule has 0 bridgehead atoms. The van der Waals surface area contributed by atoms with E-state index in [1.165, 1.54) is 0 Å². The molecule has 4 saturated heterocycles. The summed E-state index contributed by atoms with van der Waals surface area (Å²) in [5.41, 5.74) is -1.43. The van der Waals surface area contributed by atoms with Crippen molar-refractivity contribution in [2.24, 2.45) is 0 Å². The summed E-state index contributed by atoms with van der Waals surface area (Å²) in [6.45, 7) is 2.74. The molecule has 0 aliphatic carbocycles. The summed E-state index contributed by atoms with van der Waals surface area (Å²) in [6, 6.07) is -0.287. The zero-order valence-corrected chi connectivity index (χ0v) is 13.2. The topological polar surface area (TPSA) is 65.6 Å². The Morgan fingerprint density at radius 2 is 1.45 bits per heavy atom. The molecular formula is C13H19ClN4O4. The van der Waals surface area contributed by atoms with Crippen molar-refractivity contribution in [2.75, 3.05) is 32.8 Å².